The van der Waals surface area contributed by atoms with Crippen LogP contribution in [-0.2, 0) is 4.79 Å². The van der Waals surface area contributed by atoms with E-state index >= 15 is 0 Å². The Morgan fingerprint density at radius 2 is 1.45 bits per heavy atom. The topological polar surface area (TPSA) is 55.4 Å². The largest absolute Gasteiger partial charge is 0.494 e. The van der Waals surface area contributed by atoms with Crippen molar-refractivity contribution >= 4 is 17.4 Å². The van der Waals surface area contributed by atoms with E-state index in [0.717, 1.165) is 29.0 Å². The highest BCUT2D eigenvalue weighted by Crippen LogP contribution is 2.21. The van der Waals surface area contributed by atoms with Crippen molar-refractivity contribution in [1.29, 1.82) is 0 Å². The zero-order valence-electron chi connectivity index (χ0n) is 16.6. The smallest absolute Gasteiger partial charge is 0.224 e. The third kappa shape index (κ3) is 6.04. The van der Waals surface area contributed by atoms with Crippen LogP contribution in [0.4, 0.5) is 5.69 Å². The molecule has 0 saturated heterocycles. The number of anilines is 1. The predicted octanol–water partition coefficient (Wildman–Crippen LogP) is 5.74. The summed E-state index contributed by atoms with van der Waals surface area (Å²) in [6, 6.07) is 24.8. The Kier molecular flexibility index (Phi) is 7.17. The summed E-state index contributed by atoms with van der Waals surface area (Å²) in [6.45, 7) is 2.69. The number of nitrogens with one attached hydrogen (secondary N) is 1. The van der Waals surface area contributed by atoms with Gasteiger partial charge in [-0.15, -0.1) is 0 Å². The number of hydrogen-bond donors (Lipinski definition) is 1. The fraction of sp³-hybridized carbons (Fsp3) is 0.200. The van der Waals surface area contributed by atoms with Gasteiger partial charge in [0.15, 0.2) is 5.78 Å². The minimum atomic E-state index is -0.172. The molecule has 3 rings (SSSR count). The Hall–Kier alpha value is -3.40. The fourth-order valence-corrected chi connectivity index (χ4v) is 2.93. The highest BCUT2D eigenvalue weighted by Gasteiger charge is 2.10. The molecule has 3 aromatic carbocycles. The van der Waals surface area contributed by atoms with E-state index in [1.165, 1.54) is 0 Å². The van der Waals surface area contributed by atoms with Crippen molar-refractivity contribution in [3.05, 3.63) is 84.4 Å². The van der Waals surface area contributed by atoms with Crippen molar-refractivity contribution in [2.75, 3.05) is 11.9 Å². The van der Waals surface area contributed by atoms with E-state index in [9.17, 15) is 9.59 Å². The van der Waals surface area contributed by atoms with Crippen LogP contribution in [0.1, 0.15) is 36.5 Å². The maximum atomic E-state index is 12.3. The van der Waals surface area contributed by atoms with Crippen molar-refractivity contribution in [3.8, 4) is 16.9 Å². The summed E-state index contributed by atoms with van der Waals surface area (Å²) in [5.41, 5.74) is 3.53. The molecule has 0 radical (unpaired) electrons. The van der Waals surface area contributed by atoms with Gasteiger partial charge in [0.05, 0.1) is 6.61 Å². The van der Waals surface area contributed by atoms with Crippen molar-refractivity contribution in [1.82, 2.24) is 0 Å². The molecular formula is C25H25NO3. The van der Waals surface area contributed by atoms with Crippen molar-refractivity contribution in [2.45, 2.75) is 26.2 Å². The summed E-state index contributed by atoms with van der Waals surface area (Å²) in [7, 11) is 0. The summed E-state index contributed by atoms with van der Waals surface area (Å²) in [6.07, 6.45) is 1.25. The van der Waals surface area contributed by atoms with Crippen LogP contribution in [0.15, 0.2) is 78.9 Å². The second-order valence-electron chi connectivity index (χ2n) is 6.79. The first-order valence-electron chi connectivity index (χ1n) is 9.87. The fourth-order valence-electron chi connectivity index (χ4n) is 2.93. The highest BCUT2D eigenvalue weighted by molar-refractivity contribution is 6.00. The van der Waals surface area contributed by atoms with Crippen LogP contribution >= 0.6 is 0 Å². The molecule has 0 aromatic heterocycles. The molecule has 29 heavy (non-hydrogen) atoms. The molecule has 4 nitrogen and oxygen atoms in total. The molecule has 0 fully saturated rings. The third-order valence-corrected chi connectivity index (χ3v) is 4.50. The predicted molar refractivity (Wildman–Crippen MR) is 116 cm³/mol. The first-order valence-corrected chi connectivity index (χ1v) is 9.87. The van der Waals surface area contributed by atoms with Crippen molar-refractivity contribution in [3.63, 3.8) is 0 Å². The van der Waals surface area contributed by atoms with Gasteiger partial charge < -0.3 is 10.1 Å². The average Bonchev–Trinajstić information content (AvgIpc) is 2.77. The van der Waals surface area contributed by atoms with Crippen LogP contribution < -0.4 is 10.1 Å². The van der Waals surface area contributed by atoms with Gasteiger partial charge in [-0.25, -0.2) is 0 Å². The number of rotatable bonds is 9. The number of benzene rings is 3. The van der Waals surface area contributed by atoms with Gasteiger partial charge in [0, 0.05) is 24.1 Å². The summed E-state index contributed by atoms with van der Waals surface area (Å²) >= 11 is 0. The minimum Gasteiger partial charge on any atom is -0.494 e. The SMILES string of the molecule is CCCOc1ccc(C(=O)CCC(=O)Nc2ccc(-c3ccccc3)cc2)cc1. The van der Waals surface area contributed by atoms with Crippen molar-refractivity contribution < 1.29 is 14.3 Å². The molecule has 0 unspecified atom stereocenters. The molecule has 3 aromatic rings. The maximum absolute atomic E-state index is 12.3. The number of Topliss-reactive ketones (excluding diaryl/α,β-unsaturated/α-hetero) is 1. The molecule has 0 saturated carbocycles. The number of hydrogen-bond acceptors (Lipinski definition) is 3. The number of carbonyl (C=O) groups excluding carboxylic acids is 2. The van der Waals surface area contributed by atoms with E-state index in [4.69, 9.17) is 4.74 Å². The number of ketones is 1. The lowest BCUT2D eigenvalue weighted by Crippen LogP contribution is -2.13. The molecule has 0 bridgehead atoms. The van der Waals surface area contributed by atoms with Gasteiger partial charge in [-0.1, -0.05) is 49.4 Å². The first-order chi connectivity index (χ1) is 14.2. The minimum absolute atomic E-state index is 0.0541. The standard InChI is InChI=1S/C25H25NO3/c1-2-18-29-23-14-10-21(11-15-23)24(27)16-17-25(28)26-22-12-8-20(9-13-22)19-6-4-3-5-7-19/h3-15H,2,16-18H2,1H3,(H,26,28). The molecule has 1 amide bonds. The molecular weight excluding hydrogens is 362 g/mol. The number of carbonyl (C=O) groups is 2. The van der Waals surface area contributed by atoms with Gasteiger partial charge in [-0.05, 0) is 53.9 Å². The molecule has 4 heteroatoms. The van der Waals surface area contributed by atoms with Crippen LogP contribution in [0.5, 0.6) is 5.75 Å². The summed E-state index contributed by atoms with van der Waals surface area (Å²) in [5.74, 6) is 0.524. The zero-order chi connectivity index (χ0) is 20.5. The van der Waals surface area contributed by atoms with Crippen LogP contribution in [0.3, 0.4) is 0 Å². The van der Waals surface area contributed by atoms with Gasteiger partial charge in [-0.2, -0.15) is 0 Å². The summed E-state index contributed by atoms with van der Waals surface area (Å²) in [4.78, 5) is 24.5. The van der Waals surface area contributed by atoms with E-state index in [0.29, 0.717) is 12.2 Å². The zero-order valence-corrected chi connectivity index (χ0v) is 16.6. The second kappa shape index (κ2) is 10.2. The number of amides is 1. The quantitative estimate of drug-likeness (QED) is 0.476. The number of ether oxygens (including phenoxy) is 1. The van der Waals surface area contributed by atoms with Crippen LogP contribution in [0.2, 0.25) is 0 Å². The second-order valence-corrected chi connectivity index (χ2v) is 6.79. The van der Waals surface area contributed by atoms with Gasteiger partial charge in [0.1, 0.15) is 5.75 Å². The lowest BCUT2D eigenvalue weighted by Gasteiger charge is -2.08. The van der Waals surface area contributed by atoms with E-state index in [1.807, 2.05) is 61.5 Å². The Balaban J connectivity index is 1.48. The van der Waals surface area contributed by atoms with E-state index in [-0.39, 0.29) is 24.5 Å². The molecule has 0 aliphatic heterocycles. The Morgan fingerprint density at radius 3 is 2.10 bits per heavy atom. The summed E-state index contributed by atoms with van der Waals surface area (Å²) in [5, 5.41) is 2.85. The first kappa shape index (κ1) is 20.3. The van der Waals surface area contributed by atoms with Gasteiger partial charge in [-0.3, -0.25) is 9.59 Å². The Morgan fingerprint density at radius 1 is 0.793 bits per heavy atom. The summed E-state index contributed by atoms with van der Waals surface area (Å²) < 4.78 is 5.52. The Labute approximate surface area is 171 Å². The van der Waals surface area contributed by atoms with Gasteiger partial charge in [0.25, 0.3) is 0 Å². The van der Waals surface area contributed by atoms with E-state index < -0.39 is 0 Å². The molecule has 148 valence electrons. The van der Waals surface area contributed by atoms with E-state index in [2.05, 4.69) is 5.32 Å². The van der Waals surface area contributed by atoms with E-state index in [1.54, 1.807) is 24.3 Å². The monoisotopic (exact) mass is 387 g/mol. The highest BCUT2D eigenvalue weighted by atomic mass is 16.5. The third-order valence-electron chi connectivity index (χ3n) is 4.50. The van der Waals surface area contributed by atoms with Crippen molar-refractivity contribution in [2.24, 2.45) is 0 Å². The van der Waals surface area contributed by atoms with Gasteiger partial charge in [0.2, 0.25) is 5.91 Å². The average molecular weight is 387 g/mol. The molecule has 0 atom stereocenters. The van der Waals surface area contributed by atoms with Crippen LogP contribution in [0, 0.1) is 0 Å². The van der Waals surface area contributed by atoms with Gasteiger partial charge >= 0.3 is 0 Å². The van der Waals surface area contributed by atoms with Crippen LogP contribution in [-0.4, -0.2) is 18.3 Å². The van der Waals surface area contributed by atoms with Crippen LogP contribution in [0.25, 0.3) is 11.1 Å². The molecule has 0 heterocycles. The molecule has 1 N–H and O–H groups in total. The molecule has 0 aliphatic rings. The Bertz CT molecular complexity index is 932. The maximum Gasteiger partial charge on any atom is 0.224 e. The normalized spacial score (nSPS) is 10.4. The molecule has 0 spiro atoms. The lowest BCUT2D eigenvalue weighted by molar-refractivity contribution is -0.116. The lowest BCUT2D eigenvalue weighted by atomic mass is 10.1. The molecule has 0 aliphatic carbocycles.